The summed E-state index contributed by atoms with van der Waals surface area (Å²) in [6.07, 6.45) is 2.68. The molecule has 0 radical (unpaired) electrons. The Morgan fingerprint density at radius 3 is 2.74 bits per heavy atom. The van der Waals surface area contributed by atoms with E-state index < -0.39 is 8.07 Å². The van der Waals surface area contributed by atoms with Crippen LogP contribution in [0.5, 0.6) is 0 Å². The van der Waals surface area contributed by atoms with E-state index in [4.69, 9.17) is 4.74 Å². The Morgan fingerprint density at radius 2 is 2.05 bits per heavy atom. The third kappa shape index (κ3) is 3.57. The van der Waals surface area contributed by atoms with Gasteiger partial charge in [0.15, 0.2) is 5.78 Å². The minimum Gasteiger partial charge on any atom is -0.361 e. The summed E-state index contributed by atoms with van der Waals surface area (Å²) in [7, 11) is -1.02. The molecule has 0 saturated heterocycles. The molecule has 0 spiro atoms. The number of aromatic nitrogens is 1. The van der Waals surface area contributed by atoms with Gasteiger partial charge in [0.05, 0.1) is 0 Å². The molecule has 1 heterocycles. The van der Waals surface area contributed by atoms with Gasteiger partial charge in [0.25, 0.3) is 0 Å². The lowest BCUT2D eigenvalue weighted by Gasteiger charge is -2.18. The van der Waals surface area contributed by atoms with E-state index in [1.807, 2.05) is 6.07 Å². The molecule has 0 aromatic carbocycles. The van der Waals surface area contributed by atoms with Crippen molar-refractivity contribution in [3.8, 4) is 0 Å². The average Bonchev–Trinajstić information content (AvgIpc) is 2.62. The van der Waals surface area contributed by atoms with Gasteiger partial charge in [-0.15, -0.1) is 0 Å². The molecule has 0 atom stereocenters. The van der Waals surface area contributed by atoms with Gasteiger partial charge < -0.3 is 9.30 Å². The summed E-state index contributed by atoms with van der Waals surface area (Å²) in [5.41, 5.74) is 3.26. The molecule has 1 aliphatic rings. The lowest BCUT2D eigenvalue weighted by atomic mass is 9.97. The van der Waals surface area contributed by atoms with Crippen LogP contribution in [0.4, 0.5) is 0 Å². The molecule has 19 heavy (non-hydrogen) atoms. The molecular weight excluding hydrogens is 254 g/mol. The molecule has 1 aromatic heterocycles. The minimum atomic E-state index is -1.02. The van der Waals surface area contributed by atoms with Gasteiger partial charge in [-0.1, -0.05) is 19.6 Å². The molecule has 0 aliphatic heterocycles. The number of carbonyl (C=O) groups excluding carboxylic acids is 1. The highest BCUT2D eigenvalue weighted by atomic mass is 28.3. The first kappa shape index (κ1) is 14.5. The molecule has 2 rings (SSSR count). The third-order valence-electron chi connectivity index (χ3n) is 3.75. The first-order chi connectivity index (χ1) is 8.88. The summed E-state index contributed by atoms with van der Waals surface area (Å²) in [6, 6.07) is 3.22. The van der Waals surface area contributed by atoms with Crippen molar-refractivity contribution in [2.75, 3.05) is 6.61 Å². The van der Waals surface area contributed by atoms with Crippen molar-refractivity contribution < 1.29 is 9.53 Å². The van der Waals surface area contributed by atoms with Gasteiger partial charge in [-0.25, -0.2) is 0 Å². The summed E-state index contributed by atoms with van der Waals surface area (Å²) < 4.78 is 8.00. The maximum atomic E-state index is 11.9. The van der Waals surface area contributed by atoms with Gasteiger partial charge in [-0.2, -0.15) is 0 Å². The summed E-state index contributed by atoms with van der Waals surface area (Å²) >= 11 is 0. The molecule has 0 N–H and O–H groups in total. The highest BCUT2D eigenvalue weighted by Crippen LogP contribution is 2.25. The SMILES string of the molecule is Cc1cc2c(n1COCC[Si](C)(C)C)CCCC2=O. The largest absolute Gasteiger partial charge is 0.361 e. The van der Waals surface area contributed by atoms with Gasteiger partial charge in [-0.3, -0.25) is 4.79 Å². The normalized spacial score (nSPS) is 15.7. The van der Waals surface area contributed by atoms with Gasteiger partial charge in [-0.05, 0) is 31.9 Å². The van der Waals surface area contributed by atoms with Crippen molar-refractivity contribution in [3.63, 3.8) is 0 Å². The lowest BCUT2D eigenvalue weighted by molar-refractivity contribution is 0.0832. The molecule has 0 saturated carbocycles. The summed E-state index contributed by atoms with van der Waals surface area (Å²) in [6.45, 7) is 10.6. The fourth-order valence-electron chi connectivity index (χ4n) is 2.50. The first-order valence-electron chi connectivity index (χ1n) is 7.18. The van der Waals surface area contributed by atoms with Crippen LogP contribution >= 0.6 is 0 Å². The molecule has 106 valence electrons. The van der Waals surface area contributed by atoms with Crippen LogP contribution in [-0.2, 0) is 17.9 Å². The number of fused-ring (bicyclic) bond motifs is 1. The van der Waals surface area contributed by atoms with Gasteiger partial charge in [0.2, 0.25) is 0 Å². The molecule has 0 bridgehead atoms. The number of carbonyl (C=O) groups is 1. The highest BCUT2D eigenvalue weighted by molar-refractivity contribution is 6.76. The van der Waals surface area contributed by atoms with E-state index in [0.29, 0.717) is 18.9 Å². The Morgan fingerprint density at radius 1 is 1.32 bits per heavy atom. The topological polar surface area (TPSA) is 31.2 Å². The zero-order valence-electron chi connectivity index (χ0n) is 12.6. The standard InChI is InChI=1S/C15H25NO2Si/c1-12-10-13-14(6-5-7-15(13)17)16(12)11-18-8-9-19(2,3)4/h10H,5-9,11H2,1-4H3. The molecule has 1 aromatic rings. The second-order valence-corrected chi connectivity index (χ2v) is 12.3. The number of hydrogen-bond donors (Lipinski definition) is 0. The van der Waals surface area contributed by atoms with Gasteiger partial charge in [0, 0.05) is 38.1 Å². The van der Waals surface area contributed by atoms with Crippen molar-refractivity contribution in [1.29, 1.82) is 0 Å². The van der Waals surface area contributed by atoms with E-state index in [-0.39, 0.29) is 0 Å². The zero-order valence-corrected chi connectivity index (χ0v) is 13.6. The number of ether oxygens (including phenoxy) is 1. The van der Waals surface area contributed by atoms with E-state index in [9.17, 15) is 4.79 Å². The molecule has 1 aliphatic carbocycles. The lowest BCUT2D eigenvalue weighted by Crippen LogP contribution is -2.22. The molecular formula is C15H25NO2Si. The van der Waals surface area contributed by atoms with Crippen LogP contribution in [0, 0.1) is 6.92 Å². The van der Waals surface area contributed by atoms with Crippen molar-refractivity contribution in [2.45, 2.75) is 58.6 Å². The number of hydrogen-bond acceptors (Lipinski definition) is 2. The van der Waals surface area contributed by atoms with Crippen molar-refractivity contribution >= 4 is 13.9 Å². The van der Waals surface area contributed by atoms with Gasteiger partial charge >= 0.3 is 0 Å². The first-order valence-corrected chi connectivity index (χ1v) is 10.9. The average molecular weight is 279 g/mol. The second-order valence-electron chi connectivity index (χ2n) is 6.70. The van der Waals surface area contributed by atoms with Crippen molar-refractivity contribution in [3.05, 3.63) is 23.0 Å². The molecule has 0 fully saturated rings. The van der Waals surface area contributed by atoms with Crippen LogP contribution in [0.3, 0.4) is 0 Å². The Kier molecular flexibility index (Phi) is 4.31. The minimum absolute atomic E-state index is 0.296. The Hall–Kier alpha value is -0.873. The van der Waals surface area contributed by atoms with Crippen LogP contribution < -0.4 is 0 Å². The van der Waals surface area contributed by atoms with Crippen LogP contribution in [-0.4, -0.2) is 25.0 Å². The fourth-order valence-corrected chi connectivity index (χ4v) is 3.26. The molecule has 3 nitrogen and oxygen atoms in total. The Bertz CT molecular complexity index is 471. The zero-order chi connectivity index (χ0) is 14.0. The molecule has 0 unspecified atom stereocenters. The van der Waals surface area contributed by atoms with Crippen molar-refractivity contribution in [2.24, 2.45) is 0 Å². The third-order valence-corrected chi connectivity index (χ3v) is 5.45. The second kappa shape index (κ2) is 5.63. The van der Waals surface area contributed by atoms with E-state index in [2.05, 4.69) is 31.1 Å². The summed E-state index contributed by atoms with van der Waals surface area (Å²) in [5, 5.41) is 0. The summed E-state index contributed by atoms with van der Waals surface area (Å²) in [4.78, 5) is 11.9. The number of rotatable bonds is 5. The Balaban J connectivity index is 1.99. The van der Waals surface area contributed by atoms with Crippen LogP contribution in [0.15, 0.2) is 6.07 Å². The number of nitrogens with zero attached hydrogens (tertiary/aromatic N) is 1. The maximum absolute atomic E-state index is 11.9. The quantitative estimate of drug-likeness (QED) is 0.609. The van der Waals surface area contributed by atoms with E-state index in [0.717, 1.165) is 30.7 Å². The number of ketones is 1. The summed E-state index contributed by atoms with van der Waals surface area (Å²) in [5.74, 6) is 0.296. The number of aryl methyl sites for hydroxylation is 1. The molecule has 0 amide bonds. The smallest absolute Gasteiger partial charge is 0.164 e. The number of Topliss-reactive ketones (excluding diaryl/α,β-unsaturated/α-hetero) is 1. The Labute approximate surface area is 117 Å². The van der Waals surface area contributed by atoms with E-state index in [1.165, 1.54) is 11.7 Å². The monoisotopic (exact) mass is 279 g/mol. The predicted molar refractivity (Wildman–Crippen MR) is 80.5 cm³/mol. The molecule has 4 heteroatoms. The van der Waals surface area contributed by atoms with E-state index >= 15 is 0 Å². The van der Waals surface area contributed by atoms with Crippen LogP contribution in [0.25, 0.3) is 0 Å². The fraction of sp³-hybridized carbons (Fsp3) is 0.667. The van der Waals surface area contributed by atoms with E-state index in [1.54, 1.807) is 0 Å². The maximum Gasteiger partial charge on any atom is 0.164 e. The van der Waals surface area contributed by atoms with Gasteiger partial charge in [0.1, 0.15) is 6.73 Å². The highest BCUT2D eigenvalue weighted by Gasteiger charge is 2.22. The van der Waals surface area contributed by atoms with Crippen LogP contribution in [0.2, 0.25) is 25.7 Å². The predicted octanol–water partition coefficient (Wildman–Crippen LogP) is 3.63. The van der Waals surface area contributed by atoms with Crippen molar-refractivity contribution in [1.82, 2.24) is 4.57 Å². The van der Waals surface area contributed by atoms with Crippen LogP contribution in [0.1, 0.15) is 34.6 Å².